The Bertz CT molecular complexity index is 777. The molecule has 1 heterocycles. The van der Waals surface area contributed by atoms with Crippen LogP contribution >= 0.6 is 15.9 Å². The van der Waals surface area contributed by atoms with Gasteiger partial charge in [-0.2, -0.15) is 5.26 Å². The molecule has 2 aromatic rings. The highest BCUT2D eigenvalue weighted by Gasteiger charge is 2.19. The Hall–Kier alpha value is -1.91. The van der Waals surface area contributed by atoms with Gasteiger partial charge in [-0.3, -0.25) is 4.72 Å². The summed E-state index contributed by atoms with van der Waals surface area (Å²) in [7, 11) is -3.85. The van der Waals surface area contributed by atoms with Gasteiger partial charge in [0.1, 0.15) is 11.0 Å². The Labute approximate surface area is 125 Å². The zero-order chi connectivity index (χ0) is 14.8. The molecule has 0 unspecified atom stereocenters. The summed E-state index contributed by atoms with van der Waals surface area (Å²) in [6, 6.07) is 9.80. The standard InChI is InChI=1S/C13H10BrN3O2S/c1-9-5-10(14)7-11(6-9)17-20(18,19)13-3-2-4-16-12(13)8-15/h2-7,17H,1H3. The molecule has 1 aromatic heterocycles. The molecule has 5 nitrogen and oxygen atoms in total. The number of aryl methyl sites for hydroxylation is 1. The van der Waals surface area contributed by atoms with Crippen molar-refractivity contribution in [3.63, 3.8) is 0 Å². The van der Waals surface area contributed by atoms with E-state index in [9.17, 15) is 8.42 Å². The van der Waals surface area contributed by atoms with Crippen LogP contribution in [0.3, 0.4) is 0 Å². The number of halogens is 1. The number of hydrogen-bond donors (Lipinski definition) is 1. The molecule has 0 aliphatic heterocycles. The van der Waals surface area contributed by atoms with Crippen LogP contribution in [0.4, 0.5) is 5.69 Å². The van der Waals surface area contributed by atoms with Gasteiger partial charge in [0.2, 0.25) is 0 Å². The summed E-state index contributed by atoms with van der Waals surface area (Å²) in [6.07, 6.45) is 1.38. The minimum absolute atomic E-state index is 0.133. The van der Waals surface area contributed by atoms with E-state index in [1.165, 1.54) is 18.3 Å². The van der Waals surface area contributed by atoms with Gasteiger partial charge >= 0.3 is 0 Å². The number of benzene rings is 1. The molecule has 0 saturated heterocycles. The monoisotopic (exact) mass is 351 g/mol. The van der Waals surface area contributed by atoms with E-state index < -0.39 is 10.0 Å². The van der Waals surface area contributed by atoms with E-state index in [1.807, 2.05) is 13.0 Å². The van der Waals surface area contributed by atoms with E-state index in [1.54, 1.807) is 18.2 Å². The van der Waals surface area contributed by atoms with Gasteiger partial charge in [0.05, 0.1) is 5.69 Å². The van der Waals surface area contributed by atoms with Crippen molar-refractivity contribution < 1.29 is 8.42 Å². The molecule has 0 amide bonds. The molecule has 0 radical (unpaired) electrons. The first-order chi connectivity index (χ1) is 9.42. The van der Waals surface area contributed by atoms with Crippen molar-refractivity contribution in [1.82, 2.24) is 4.98 Å². The molecule has 1 aromatic carbocycles. The number of hydrogen-bond acceptors (Lipinski definition) is 4. The SMILES string of the molecule is Cc1cc(Br)cc(NS(=O)(=O)c2cccnc2C#N)c1. The smallest absolute Gasteiger partial charge is 0.264 e. The predicted octanol–water partition coefficient (Wildman–Crippen LogP) is 2.82. The fourth-order valence-electron chi connectivity index (χ4n) is 1.70. The maximum absolute atomic E-state index is 12.3. The van der Waals surface area contributed by atoms with Crippen molar-refractivity contribution in [2.45, 2.75) is 11.8 Å². The number of sulfonamides is 1. The molecule has 0 aliphatic rings. The summed E-state index contributed by atoms with van der Waals surface area (Å²) < 4.78 is 27.8. The van der Waals surface area contributed by atoms with E-state index in [2.05, 4.69) is 25.6 Å². The zero-order valence-electron chi connectivity index (χ0n) is 10.5. The summed E-state index contributed by atoms with van der Waals surface area (Å²) in [5, 5.41) is 8.92. The van der Waals surface area contributed by atoms with E-state index in [0.29, 0.717) is 5.69 Å². The van der Waals surface area contributed by atoms with Gasteiger partial charge in [0.15, 0.2) is 5.69 Å². The molecule has 7 heteroatoms. The molecule has 102 valence electrons. The molecule has 0 saturated carbocycles. The molecule has 0 atom stereocenters. The normalized spacial score (nSPS) is 10.8. The van der Waals surface area contributed by atoms with Crippen molar-refractivity contribution in [2.75, 3.05) is 4.72 Å². The third kappa shape index (κ3) is 3.15. The molecule has 2 rings (SSSR count). The van der Waals surface area contributed by atoms with Crippen LogP contribution in [0.5, 0.6) is 0 Å². The van der Waals surface area contributed by atoms with Crippen LogP contribution in [-0.2, 0) is 10.0 Å². The van der Waals surface area contributed by atoms with Crippen LogP contribution in [0.1, 0.15) is 11.3 Å². The van der Waals surface area contributed by atoms with Crippen LogP contribution in [0.25, 0.3) is 0 Å². The minimum Gasteiger partial charge on any atom is -0.279 e. The lowest BCUT2D eigenvalue weighted by molar-refractivity contribution is 0.600. The summed E-state index contributed by atoms with van der Waals surface area (Å²) in [5.74, 6) is 0. The Balaban J connectivity index is 2.44. The van der Waals surface area contributed by atoms with E-state index in [0.717, 1.165) is 10.0 Å². The Morgan fingerprint density at radius 1 is 1.35 bits per heavy atom. The maximum atomic E-state index is 12.3. The van der Waals surface area contributed by atoms with Crippen molar-refractivity contribution in [3.05, 3.63) is 52.3 Å². The maximum Gasteiger partial charge on any atom is 0.264 e. The number of rotatable bonds is 3. The summed E-state index contributed by atoms with van der Waals surface area (Å²) in [5.41, 5.74) is 1.19. The van der Waals surface area contributed by atoms with Crippen LogP contribution in [-0.4, -0.2) is 13.4 Å². The third-order valence-electron chi connectivity index (χ3n) is 2.46. The second-order valence-corrected chi connectivity index (χ2v) is 6.65. The fourth-order valence-corrected chi connectivity index (χ4v) is 3.45. The number of nitrogens with one attached hydrogen (secondary N) is 1. The van der Waals surface area contributed by atoms with Crippen molar-refractivity contribution in [1.29, 1.82) is 5.26 Å². The van der Waals surface area contributed by atoms with Gasteiger partial charge in [-0.05, 0) is 42.8 Å². The highest BCUT2D eigenvalue weighted by atomic mass is 79.9. The second kappa shape index (κ2) is 5.61. The average Bonchev–Trinajstić information content (AvgIpc) is 2.36. The van der Waals surface area contributed by atoms with E-state index in [4.69, 9.17) is 5.26 Å². The van der Waals surface area contributed by atoms with Gasteiger partial charge in [0, 0.05) is 10.7 Å². The van der Waals surface area contributed by atoms with Crippen LogP contribution in [0.2, 0.25) is 0 Å². The summed E-state index contributed by atoms with van der Waals surface area (Å²) in [4.78, 5) is 3.61. The van der Waals surface area contributed by atoms with E-state index >= 15 is 0 Å². The Kier molecular flexibility index (Phi) is 4.06. The number of pyridine rings is 1. The van der Waals surface area contributed by atoms with Crippen molar-refractivity contribution in [3.8, 4) is 6.07 Å². The van der Waals surface area contributed by atoms with Crippen molar-refractivity contribution in [2.24, 2.45) is 0 Å². The summed E-state index contributed by atoms with van der Waals surface area (Å²) in [6.45, 7) is 1.85. The lowest BCUT2D eigenvalue weighted by Crippen LogP contribution is -2.15. The van der Waals surface area contributed by atoms with Crippen LogP contribution in [0, 0.1) is 18.3 Å². The number of aromatic nitrogens is 1. The Morgan fingerprint density at radius 2 is 2.10 bits per heavy atom. The van der Waals surface area contributed by atoms with Gasteiger partial charge < -0.3 is 0 Å². The molecular formula is C13H10BrN3O2S. The molecule has 0 aliphatic carbocycles. The zero-order valence-corrected chi connectivity index (χ0v) is 12.9. The average molecular weight is 352 g/mol. The highest BCUT2D eigenvalue weighted by Crippen LogP contribution is 2.22. The third-order valence-corrected chi connectivity index (χ3v) is 4.33. The lowest BCUT2D eigenvalue weighted by Gasteiger charge is -2.10. The number of nitriles is 1. The summed E-state index contributed by atoms with van der Waals surface area (Å²) >= 11 is 3.31. The quantitative estimate of drug-likeness (QED) is 0.921. The fraction of sp³-hybridized carbons (Fsp3) is 0.0769. The molecular weight excluding hydrogens is 342 g/mol. The van der Waals surface area contributed by atoms with Gasteiger partial charge in [-0.25, -0.2) is 13.4 Å². The van der Waals surface area contributed by atoms with Crippen LogP contribution < -0.4 is 4.72 Å². The largest absolute Gasteiger partial charge is 0.279 e. The highest BCUT2D eigenvalue weighted by molar-refractivity contribution is 9.10. The topological polar surface area (TPSA) is 82.8 Å². The van der Waals surface area contributed by atoms with Crippen LogP contribution in [0.15, 0.2) is 45.9 Å². The predicted molar refractivity (Wildman–Crippen MR) is 78.6 cm³/mol. The first kappa shape index (κ1) is 14.5. The molecule has 0 spiro atoms. The molecule has 20 heavy (non-hydrogen) atoms. The van der Waals surface area contributed by atoms with E-state index in [-0.39, 0.29) is 10.6 Å². The number of nitrogens with zero attached hydrogens (tertiary/aromatic N) is 2. The number of anilines is 1. The first-order valence-corrected chi connectivity index (χ1v) is 7.85. The molecule has 0 bridgehead atoms. The second-order valence-electron chi connectivity index (χ2n) is 4.08. The Morgan fingerprint density at radius 3 is 2.75 bits per heavy atom. The van der Waals surface area contributed by atoms with Crippen molar-refractivity contribution >= 4 is 31.6 Å². The molecule has 1 N–H and O–H groups in total. The van der Waals surface area contributed by atoms with Gasteiger partial charge in [0.25, 0.3) is 10.0 Å². The minimum atomic E-state index is -3.85. The first-order valence-electron chi connectivity index (χ1n) is 5.57. The van der Waals surface area contributed by atoms with Gasteiger partial charge in [-0.15, -0.1) is 0 Å². The molecule has 0 fully saturated rings. The lowest BCUT2D eigenvalue weighted by atomic mass is 10.2. The van der Waals surface area contributed by atoms with Gasteiger partial charge in [-0.1, -0.05) is 15.9 Å².